The molecule has 2 aromatic carbocycles. The Morgan fingerprint density at radius 1 is 0.967 bits per heavy atom. The molecular weight excluding hydrogens is 378 g/mol. The summed E-state index contributed by atoms with van der Waals surface area (Å²) in [4.78, 5) is 13.7. The van der Waals surface area contributed by atoms with Gasteiger partial charge in [0.1, 0.15) is 18.2 Å². The van der Waals surface area contributed by atoms with E-state index < -0.39 is 0 Å². The van der Waals surface area contributed by atoms with E-state index in [0.717, 1.165) is 53.9 Å². The standard InChI is InChI=1S/C25H27NO4/c1-16-11-20-19(14-25(27)30-23(20)12-17(16)2)15-26-8-3-5-21(26)18-6-7-22-24(13-18)29-10-4-9-28-22/h6-7,11-14,21H,3-5,8-10,15H2,1-2H3/p+1/t21-/m1/s1. The van der Waals surface area contributed by atoms with Crippen molar-refractivity contribution in [2.75, 3.05) is 19.8 Å². The molecule has 1 unspecified atom stereocenters. The van der Waals surface area contributed by atoms with E-state index in [1.807, 2.05) is 19.1 Å². The molecule has 3 aromatic rings. The van der Waals surface area contributed by atoms with Crippen LogP contribution in [-0.4, -0.2) is 19.8 Å². The van der Waals surface area contributed by atoms with Crippen LogP contribution in [0.2, 0.25) is 0 Å². The fourth-order valence-electron chi connectivity index (χ4n) is 4.80. The van der Waals surface area contributed by atoms with Crippen LogP contribution in [0, 0.1) is 13.8 Å². The summed E-state index contributed by atoms with van der Waals surface area (Å²) < 4.78 is 17.2. The quantitative estimate of drug-likeness (QED) is 0.677. The summed E-state index contributed by atoms with van der Waals surface area (Å²) in [7, 11) is 0. The van der Waals surface area contributed by atoms with Crippen molar-refractivity contribution in [1.29, 1.82) is 0 Å². The van der Waals surface area contributed by atoms with Crippen molar-refractivity contribution in [2.45, 2.75) is 45.7 Å². The Hall–Kier alpha value is -2.79. The first-order valence-corrected chi connectivity index (χ1v) is 10.9. The number of ether oxygens (including phenoxy) is 2. The molecule has 1 saturated heterocycles. The van der Waals surface area contributed by atoms with Crippen LogP contribution in [0.15, 0.2) is 45.6 Å². The highest BCUT2D eigenvalue weighted by molar-refractivity contribution is 5.81. The molecule has 0 bridgehead atoms. The van der Waals surface area contributed by atoms with Crippen molar-refractivity contribution < 1.29 is 18.8 Å². The first-order valence-electron chi connectivity index (χ1n) is 10.9. The lowest BCUT2D eigenvalue weighted by atomic mass is 10.0. The SMILES string of the molecule is Cc1cc2oc(=O)cc(C[NH+]3CCC[C@@H]3c3ccc4c(c3)OCCCO4)c2cc1C. The topological polar surface area (TPSA) is 53.1 Å². The number of hydrogen-bond acceptors (Lipinski definition) is 4. The zero-order valence-electron chi connectivity index (χ0n) is 17.6. The Balaban J connectivity index is 1.47. The maximum absolute atomic E-state index is 12.2. The highest BCUT2D eigenvalue weighted by atomic mass is 16.5. The normalized spacial score (nSPS) is 21.0. The smallest absolute Gasteiger partial charge is 0.336 e. The maximum atomic E-state index is 12.2. The fraction of sp³-hybridized carbons (Fsp3) is 0.400. The molecule has 0 radical (unpaired) electrons. The summed E-state index contributed by atoms with van der Waals surface area (Å²) >= 11 is 0. The zero-order chi connectivity index (χ0) is 20.7. The summed E-state index contributed by atoms with van der Waals surface area (Å²) in [5.74, 6) is 1.70. The van der Waals surface area contributed by atoms with E-state index in [4.69, 9.17) is 13.9 Å². The summed E-state index contributed by atoms with van der Waals surface area (Å²) in [6, 6.07) is 12.6. The second kappa shape index (κ2) is 7.80. The Kier molecular flexibility index (Phi) is 4.99. The molecule has 0 amide bonds. The number of aryl methyl sites for hydroxylation is 2. The molecule has 0 aliphatic carbocycles. The molecule has 30 heavy (non-hydrogen) atoms. The van der Waals surface area contributed by atoms with Gasteiger partial charge < -0.3 is 18.8 Å². The molecule has 1 N–H and O–H groups in total. The minimum atomic E-state index is -0.272. The zero-order valence-corrected chi connectivity index (χ0v) is 17.6. The number of nitrogens with one attached hydrogen (secondary N) is 1. The number of rotatable bonds is 3. The van der Waals surface area contributed by atoms with Crippen LogP contribution < -0.4 is 20.0 Å². The van der Waals surface area contributed by atoms with Crippen LogP contribution in [-0.2, 0) is 6.54 Å². The predicted octanol–water partition coefficient (Wildman–Crippen LogP) is 3.49. The monoisotopic (exact) mass is 406 g/mol. The predicted molar refractivity (Wildman–Crippen MR) is 116 cm³/mol. The molecule has 2 atom stereocenters. The van der Waals surface area contributed by atoms with Crippen LogP contribution in [0.5, 0.6) is 11.5 Å². The molecule has 5 heteroatoms. The number of hydrogen-bond donors (Lipinski definition) is 1. The van der Waals surface area contributed by atoms with Gasteiger partial charge in [-0.15, -0.1) is 0 Å². The summed E-state index contributed by atoms with van der Waals surface area (Å²) in [6.45, 7) is 7.45. The van der Waals surface area contributed by atoms with E-state index in [1.165, 1.54) is 22.4 Å². The van der Waals surface area contributed by atoms with Gasteiger partial charge >= 0.3 is 5.63 Å². The van der Waals surface area contributed by atoms with E-state index in [9.17, 15) is 4.79 Å². The number of likely N-dealkylation sites (tertiary alicyclic amines) is 1. The van der Waals surface area contributed by atoms with E-state index in [2.05, 4.69) is 25.1 Å². The number of benzene rings is 2. The third kappa shape index (κ3) is 3.58. The molecule has 5 nitrogen and oxygen atoms in total. The Labute approximate surface area is 176 Å². The van der Waals surface area contributed by atoms with Crippen LogP contribution in [0.4, 0.5) is 0 Å². The van der Waals surface area contributed by atoms with Gasteiger partial charge in [0.15, 0.2) is 11.5 Å². The molecule has 1 aromatic heterocycles. The molecule has 1 fully saturated rings. The summed E-state index contributed by atoms with van der Waals surface area (Å²) in [5.41, 5.74) is 5.12. The summed E-state index contributed by atoms with van der Waals surface area (Å²) in [5, 5.41) is 1.05. The van der Waals surface area contributed by atoms with Crippen molar-refractivity contribution in [3.05, 3.63) is 69.1 Å². The van der Waals surface area contributed by atoms with Crippen molar-refractivity contribution in [2.24, 2.45) is 0 Å². The third-order valence-electron chi connectivity index (χ3n) is 6.52. The average molecular weight is 407 g/mol. The minimum Gasteiger partial charge on any atom is -0.490 e. The van der Waals surface area contributed by atoms with Crippen LogP contribution in [0.3, 0.4) is 0 Å². The molecular formula is C25H28NO4+. The summed E-state index contributed by atoms with van der Waals surface area (Å²) in [6.07, 6.45) is 3.21. The van der Waals surface area contributed by atoms with Gasteiger partial charge in [-0.05, 0) is 55.3 Å². The van der Waals surface area contributed by atoms with Crippen molar-refractivity contribution >= 4 is 11.0 Å². The van der Waals surface area contributed by atoms with E-state index in [-0.39, 0.29) is 5.63 Å². The second-order valence-corrected chi connectivity index (χ2v) is 8.56. The van der Waals surface area contributed by atoms with Crippen LogP contribution in [0.1, 0.15) is 47.6 Å². The van der Waals surface area contributed by atoms with Gasteiger partial charge in [-0.2, -0.15) is 0 Å². The maximum Gasteiger partial charge on any atom is 0.336 e. The lowest BCUT2D eigenvalue weighted by Gasteiger charge is -2.23. The largest absolute Gasteiger partial charge is 0.490 e. The molecule has 0 saturated carbocycles. The van der Waals surface area contributed by atoms with Gasteiger partial charge in [-0.1, -0.05) is 0 Å². The fourth-order valence-corrected chi connectivity index (χ4v) is 4.80. The molecule has 5 rings (SSSR count). The molecule has 3 heterocycles. The van der Waals surface area contributed by atoms with E-state index in [1.54, 1.807) is 6.07 Å². The molecule has 2 aliphatic heterocycles. The molecule has 0 spiro atoms. The first-order chi connectivity index (χ1) is 14.6. The van der Waals surface area contributed by atoms with E-state index >= 15 is 0 Å². The second-order valence-electron chi connectivity index (χ2n) is 8.56. The van der Waals surface area contributed by atoms with Crippen molar-refractivity contribution in [3.63, 3.8) is 0 Å². The Bertz CT molecular complexity index is 1150. The van der Waals surface area contributed by atoms with Crippen LogP contribution in [0.25, 0.3) is 11.0 Å². The van der Waals surface area contributed by atoms with Crippen molar-refractivity contribution in [3.8, 4) is 11.5 Å². The highest BCUT2D eigenvalue weighted by Gasteiger charge is 2.31. The van der Waals surface area contributed by atoms with Gasteiger partial charge in [0.25, 0.3) is 0 Å². The first kappa shape index (κ1) is 19.2. The lowest BCUT2D eigenvalue weighted by Crippen LogP contribution is -3.08. The average Bonchev–Trinajstić information content (AvgIpc) is 3.05. The number of quaternary nitrogens is 1. The van der Waals surface area contributed by atoms with Gasteiger partial charge in [0.05, 0.1) is 19.8 Å². The van der Waals surface area contributed by atoms with Crippen LogP contribution >= 0.6 is 0 Å². The molecule has 156 valence electrons. The Morgan fingerprint density at radius 2 is 1.77 bits per heavy atom. The third-order valence-corrected chi connectivity index (χ3v) is 6.52. The van der Waals surface area contributed by atoms with Crippen molar-refractivity contribution in [1.82, 2.24) is 0 Å². The minimum absolute atomic E-state index is 0.272. The molecule has 2 aliphatic rings. The lowest BCUT2D eigenvalue weighted by molar-refractivity contribution is -0.931. The van der Waals surface area contributed by atoms with Gasteiger partial charge in [0, 0.05) is 41.8 Å². The van der Waals surface area contributed by atoms with Gasteiger partial charge in [0.2, 0.25) is 0 Å². The highest BCUT2D eigenvalue weighted by Crippen LogP contribution is 2.33. The van der Waals surface area contributed by atoms with Gasteiger partial charge in [-0.3, -0.25) is 0 Å². The Morgan fingerprint density at radius 3 is 2.63 bits per heavy atom. The van der Waals surface area contributed by atoms with E-state index in [0.29, 0.717) is 24.8 Å². The van der Waals surface area contributed by atoms with Gasteiger partial charge in [-0.25, -0.2) is 4.79 Å². The number of fused-ring (bicyclic) bond motifs is 2.